The second kappa shape index (κ2) is 7.90. The Labute approximate surface area is 161 Å². The third-order valence-electron chi connectivity index (χ3n) is 4.63. The molecule has 28 heavy (non-hydrogen) atoms. The number of hydrogen-bond donors (Lipinski definition) is 1. The van der Waals surface area contributed by atoms with Crippen molar-refractivity contribution in [3.63, 3.8) is 0 Å². The van der Waals surface area contributed by atoms with Crippen molar-refractivity contribution >= 4 is 17.4 Å². The van der Waals surface area contributed by atoms with E-state index >= 15 is 0 Å². The predicted molar refractivity (Wildman–Crippen MR) is 100 cm³/mol. The number of carbonyl (C=O) groups is 2. The van der Waals surface area contributed by atoms with Gasteiger partial charge < -0.3 is 14.9 Å². The molecular formula is C21H20F2N2O3. The van der Waals surface area contributed by atoms with E-state index in [-0.39, 0.29) is 23.4 Å². The van der Waals surface area contributed by atoms with Gasteiger partial charge in [-0.2, -0.15) is 0 Å². The highest BCUT2D eigenvalue weighted by Crippen LogP contribution is 2.39. The number of halogens is 2. The molecule has 0 aromatic heterocycles. The van der Waals surface area contributed by atoms with Gasteiger partial charge in [0, 0.05) is 18.7 Å². The predicted octanol–water partition coefficient (Wildman–Crippen LogP) is 2.95. The van der Waals surface area contributed by atoms with Gasteiger partial charge in [0.05, 0.1) is 11.6 Å². The fourth-order valence-corrected chi connectivity index (χ4v) is 3.17. The summed E-state index contributed by atoms with van der Waals surface area (Å²) in [5.74, 6) is -2.89. The number of aliphatic hydroxyl groups excluding tert-OH is 1. The lowest BCUT2D eigenvalue weighted by Crippen LogP contribution is -2.35. The van der Waals surface area contributed by atoms with Gasteiger partial charge in [-0.1, -0.05) is 12.1 Å². The molecule has 1 heterocycles. The Balaban J connectivity index is 2.13. The van der Waals surface area contributed by atoms with Gasteiger partial charge >= 0.3 is 0 Å². The molecular weight excluding hydrogens is 366 g/mol. The molecule has 1 aliphatic heterocycles. The minimum atomic E-state index is -0.856. The first-order chi connectivity index (χ1) is 13.3. The zero-order chi connectivity index (χ0) is 20.4. The molecule has 0 unspecified atom stereocenters. The minimum Gasteiger partial charge on any atom is -0.507 e. The van der Waals surface area contributed by atoms with Crippen LogP contribution in [-0.2, 0) is 9.59 Å². The maximum absolute atomic E-state index is 13.4. The van der Waals surface area contributed by atoms with E-state index < -0.39 is 29.4 Å². The second-order valence-corrected chi connectivity index (χ2v) is 6.85. The molecule has 7 heteroatoms. The SMILES string of the molecule is CN(C)CCN1C(=O)C(=O)C(=C(O)c2ccc(F)cc2)[C@H]1c1ccc(F)cc1. The topological polar surface area (TPSA) is 60.9 Å². The van der Waals surface area contributed by atoms with Gasteiger partial charge in [-0.15, -0.1) is 0 Å². The number of likely N-dealkylation sites (N-methyl/N-ethyl adjacent to an activating group) is 1. The first-order valence-corrected chi connectivity index (χ1v) is 8.74. The first-order valence-electron chi connectivity index (χ1n) is 8.74. The van der Waals surface area contributed by atoms with Crippen molar-refractivity contribution in [2.24, 2.45) is 0 Å². The largest absolute Gasteiger partial charge is 0.507 e. The average molecular weight is 386 g/mol. The van der Waals surface area contributed by atoms with Gasteiger partial charge in [0.25, 0.3) is 11.7 Å². The van der Waals surface area contributed by atoms with E-state index in [1.54, 1.807) is 0 Å². The van der Waals surface area contributed by atoms with E-state index in [0.29, 0.717) is 12.1 Å². The number of aliphatic hydroxyl groups is 1. The molecule has 0 aliphatic carbocycles. The number of nitrogens with zero attached hydrogens (tertiary/aromatic N) is 2. The molecule has 1 saturated heterocycles. The third-order valence-corrected chi connectivity index (χ3v) is 4.63. The van der Waals surface area contributed by atoms with E-state index in [9.17, 15) is 23.5 Å². The van der Waals surface area contributed by atoms with E-state index in [4.69, 9.17) is 0 Å². The summed E-state index contributed by atoms with van der Waals surface area (Å²) in [4.78, 5) is 28.6. The monoisotopic (exact) mass is 386 g/mol. The fourth-order valence-electron chi connectivity index (χ4n) is 3.17. The zero-order valence-electron chi connectivity index (χ0n) is 15.5. The summed E-state index contributed by atoms with van der Waals surface area (Å²) in [5, 5.41) is 10.8. The molecule has 1 amide bonds. The lowest BCUT2D eigenvalue weighted by molar-refractivity contribution is -0.140. The molecule has 1 N–H and O–H groups in total. The summed E-state index contributed by atoms with van der Waals surface area (Å²) < 4.78 is 26.6. The molecule has 146 valence electrons. The number of likely N-dealkylation sites (tertiary alicyclic amines) is 1. The van der Waals surface area contributed by atoms with E-state index in [2.05, 4.69) is 0 Å². The number of ketones is 1. The van der Waals surface area contributed by atoms with Gasteiger partial charge in [-0.3, -0.25) is 9.59 Å². The average Bonchev–Trinajstić information content (AvgIpc) is 2.91. The number of Topliss-reactive ketones (excluding diaryl/α,β-unsaturated/α-hetero) is 1. The first kappa shape index (κ1) is 19.7. The van der Waals surface area contributed by atoms with Crippen molar-refractivity contribution in [1.29, 1.82) is 0 Å². The van der Waals surface area contributed by atoms with Gasteiger partial charge in [0.2, 0.25) is 0 Å². The van der Waals surface area contributed by atoms with Crippen LogP contribution < -0.4 is 0 Å². The van der Waals surface area contributed by atoms with Crippen LogP contribution in [0.1, 0.15) is 17.2 Å². The molecule has 0 spiro atoms. The number of rotatable bonds is 5. The Hall–Kier alpha value is -3.06. The highest BCUT2D eigenvalue weighted by Gasteiger charge is 2.45. The molecule has 0 saturated carbocycles. The molecule has 2 aromatic rings. The lowest BCUT2D eigenvalue weighted by Gasteiger charge is -2.26. The molecule has 1 atom stereocenters. The van der Waals surface area contributed by atoms with Crippen LogP contribution in [0.25, 0.3) is 5.76 Å². The lowest BCUT2D eigenvalue weighted by atomic mass is 9.95. The van der Waals surface area contributed by atoms with Crippen molar-refractivity contribution in [3.05, 3.63) is 76.9 Å². The standard InChI is InChI=1S/C21H20F2N2O3/c1-24(2)11-12-25-18(13-3-7-15(22)8-4-13)17(20(27)21(25)28)19(26)14-5-9-16(23)10-6-14/h3-10,18,26H,11-12H2,1-2H3/t18-/m1/s1. The van der Waals surface area contributed by atoms with Crippen LogP contribution in [0.4, 0.5) is 8.78 Å². The summed E-state index contributed by atoms with van der Waals surface area (Å²) in [6.07, 6.45) is 0. The normalized spacial score (nSPS) is 18.9. The molecule has 0 radical (unpaired) electrons. The van der Waals surface area contributed by atoms with Crippen molar-refractivity contribution in [2.75, 3.05) is 27.2 Å². The van der Waals surface area contributed by atoms with Crippen LogP contribution in [0.15, 0.2) is 54.1 Å². The highest BCUT2D eigenvalue weighted by atomic mass is 19.1. The molecule has 5 nitrogen and oxygen atoms in total. The summed E-state index contributed by atoms with van der Waals surface area (Å²) in [6.45, 7) is 0.751. The smallest absolute Gasteiger partial charge is 0.295 e. The molecule has 2 aromatic carbocycles. The summed E-state index contributed by atoms with van der Waals surface area (Å²) in [6, 6.07) is 9.55. The van der Waals surface area contributed by atoms with Crippen molar-refractivity contribution in [2.45, 2.75) is 6.04 Å². The zero-order valence-corrected chi connectivity index (χ0v) is 15.5. The Morgan fingerprint density at radius 1 is 1.00 bits per heavy atom. The second-order valence-electron chi connectivity index (χ2n) is 6.85. The summed E-state index contributed by atoms with van der Waals surface area (Å²) in [5.41, 5.74) is 0.629. The number of carbonyl (C=O) groups excluding carboxylic acids is 2. The van der Waals surface area contributed by atoms with Crippen LogP contribution in [0, 0.1) is 11.6 Å². The number of amides is 1. The third kappa shape index (κ3) is 3.80. The van der Waals surface area contributed by atoms with E-state index in [0.717, 1.165) is 12.1 Å². The van der Waals surface area contributed by atoms with Gasteiger partial charge in [0.15, 0.2) is 0 Å². The maximum atomic E-state index is 13.4. The number of hydrogen-bond acceptors (Lipinski definition) is 4. The van der Waals surface area contributed by atoms with Crippen molar-refractivity contribution < 1.29 is 23.5 Å². The Morgan fingerprint density at radius 2 is 1.54 bits per heavy atom. The maximum Gasteiger partial charge on any atom is 0.295 e. The van der Waals surface area contributed by atoms with Crippen molar-refractivity contribution in [3.8, 4) is 0 Å². The van der Waals surface area contributed by atoms with Crippen LogP contribution in [-0.4, -0.2) is 53.8 Å². The summed E-state index contributed by atoms with van der Waals surface area (Å²) >= 11 is 0. The molecule has 1 aliphatic rings. The molecule has 3 rings (SSSR count). The van der Waals surface area contributed by atoms with Gasteiger partial charge in [0.1, 0.15) is 17.4 Å². The van der Waals surface area contributed by atoms with Gasteiger partial charge in [-0.05, 0) is 56.1 Å². The van der Waals surface area contributed by atoms with E-state index in [1.165, 1.54) is 41.3 Å². The highest BCUT2D eigenvalue weighted by molar-refractivity contribution is 6.46. The Morgan fingerprint density at radius 3 is 2.07 bits per heavy atom. The van der Waals surface area contributed by atoms with Crippen LogP contribution in [0.3, 0.4) is 0 Å². The molecule has 1 fully saturated rings. The Bertz CT molecular complexity index is 922. The van der Waals surface area contributed by atoms with E-state index in [1.807, 2.05) is 19.0 Å². The quantitative estimate of drug-likeness (QED) is 0.488. The summed E-state index contributed by atoms with van der Waals surface area (Å²) in [7, 11) is 3.67. The van der Waals surface area contributed by atoms with Crippen LogP contribution >= 0.6 is 0 Å². The molecule has 0 bridgehead atoms. The van der Waals surface area contributed by atoms with Crippen LogP contribution in [0.5, 0.6) is 0 Å². The van der Waals surface area contributed by atoms with Crippen LogP contribution in [0.2, 0.25) is 0 Å². The minimum absolute atomic E-state index is 0.0954. The number of benzene rings is 2. The van der Waals surface area contributed by atoms with Crippen molar-refractivity contribution in [1.82, 2.24) is 9.80 Å². The Kier molecular flexibility index (Phi) is 5.56. The fraction of sp³-hybridized carbons (Fsp3) is 0.238. The van der Waals surface area contributed by atoms with Gasteiger partial charge in [-0.25, -0.2) is 8.78 Å².